The third-order valence-electron chi connectivity index (χ3n) is 0.719. The summed E-state index contributed by atoms with van der Waals surface area (Å²) in [7, 11) is 0. The van der Waals surface area contributed by atoms with E-state index in [0.717, 1.165) is 0 Å². The zero-order valence-electron chi connectivity index (χ0n) is 4.22. The monoisotopic (exact) mass is 103 g/mol. The number of aliphatic hydroxyl groups is 1. The summed E-state index contributed by atoms with van der Waals surface area (Å²) in [4.78, 5) is 10.1. The molecule has 0 amide bonds. The summed E-state index contributed by atoms with van der Waals surface area (Å²) >= 11 is 0. The van der Waals surface area contributed by atoms with Crippen LogP contribution in [0.2, 0.25) is 0 Å². The highest BCUT2D eigenvalue weighted by Gasteiger charge is 2.02. The lowest BCUT2D eigenvalue weighted by atomic mass is 10.2. The molecule has 7 heavy (non-hydrogen) atoms. The first-order valence-corrected chi connectivity index (χ1v) is 2.05. The van der Waals surface area contributed by atoms with Gasteiger partial charge in [0.1, 0.15) is 5.78 Å². The Bertz CT molecular complexity index is 72.1. The summed E-state index contributed by atoms with van der Waals surface area (Å²) in [5.74, 6) is -0.178. The van der Waals surface area contributed by atoms with Gasteiger partial charge in [0.2, 0.25) is 0 Å². The second-order valence-electron chi connectivity index (χ2n) is 1.40. The fourth-order valence-electron chi connectivity index (χ4n) is 0.129. The van der Waals surface area contributed by atoms with Gasteiger partial charge in [-0.1, -0.05) is 0 Å². The summed E-state index contributed by atoms with van der Waals surface area (Å²) in [6, 6.07) is -0.681. The topological polar surface area (TPSA) is 63.3 Å². The number of aliphatic hydroxyl groups excluding tert-OH is 1. The summed E-state index contributed by atoms with van der Waals surface area (Å²) in [5.41, 5.74) is 5.02. The summed E-state index contributed by atoms with van der Waals surface area (Å²) in [6.45, 7) is 1.09. The zero-order chi connectivity index (χ0) is 5.86. The van der Waals surface area contributed by atoms with Crippen molar-refractivity contribution >= 4 is 5.78 Å². The van der Waals surface area contributed by atoms with E-state index in [1.165, 1.54) is 6.92 Å². The molecule has 0 aliphatic heterocycles. The molecule has 0 saturated heterocycles. The lowest BCUT2D eigenvalue weighted by molar-refractivity contribution is -0.118. The molecule has 0 aliphatic rings. The van der Waals surface area contributed by atoms with Crippen LogP contribution in [-0.4, -0.2) is 23.5 Å². The van der Waals surface area contributed by atoms with E-state index in [9.17, 15) is 4.79 Å². The fourth-order valence-corrected chi connectivity index (χ4v) is 0.129. The molecule has 0 aromatic carbocycles. The largest absolute Gasteiger partial charge is 0.394 e. The number of hydrogen-bond donors (Lipinski definition) is 2. The van der Waals surface area contributed by atoms with E-state index in [0.29, 0.717) is 0 Å². The van der Waals surface area contributed by atoms with E-state index in [1.807, 2.05) is 0 Å². The molecule has 0 aromatic rings. The molecule has 0 bridgehead atoms. The Balaban J connectivity index is 3.34. The van der Waals surface area contributed by atoms with Crippen molar-refractivity contribution in [3.63, 3.8) is 0 Å². The predicted molar refractivity (Wildman–Crippen MR) is 25.7 cm³/mol. The Morgan fingerprint density at radius 2 is 2.43 bits per heavy atom. The second kappa shape index (κ2) is 2.71. The average Bonchev–Trinajstić information content (AvgIpc) is 1.65. The van der Waals surface area contributed by atoms with E-state index in [2.05, 4.69) is 0 Å². The first-order valence-electron chi connectivity index (χ1n) is 2.05. The minimum absolute atomic E-state index is 0.178. The van der Waals surface area contributed by atoms with Crippen LogP contribution in [0, 0.1) is 0 Å². The van der Waals surface area contributed by atoms with Gasteiger partial charge in [0.25, 0.3) is 0 Å². The molecule has 0 fully saturated rings. The lowest BCUT2D eigenvalue weighted by Crippen LogP contribution is -2.31. The third kappa shape index (κ3) is 2.31. The minimum atomic E-state index is -0.681. The predicted octanol–water partition coefficient (Wildman–Crippen LogP) is -1.10. The number of Topliss-reactive ketones (excluding diaryl/α,β-unsaturated/α-hetero) is 1. The lowest BCUT2D eigenvalue weighted by Gasteiger charge is -1.98. The molecular formula is C4H9NO2. The SMILES string of the molecule is CC(=O)C(N)CO. The highest BCUT2D eigenvalue weighted by molar-refractivity contribution is 5.81. The van der Waals surface area contributed by atoms with Crippen molar-refractivity contribution in [2.24, 2.45) is 5.73 Å². The van der Waals surface area contributed by atoms with Crippen LogP contribution in [0.25, 0.3) is 0 Å². The van der Waals surface area contributed by atoms with Crippen molar-refractivity contribution in [1.29, 1.82) is 0 Å². The molecule has 3 N–H and O–H groups in total. The zero-order valence-corrected chi connectivity index (χ0v) is 4.22. The number of carbonyl (C=O) groups excluding carboxylic acids is 1. The molecule has 0 radical (unpaired) electrons. The molecule has 0 rings (SSSR count). The van der Waals surface area contributed by atoms with Crippen LogP contribution in [0.3, 0.4) is 0 Å². The van der Waals surface area contributed by atoms with Gasteiger partial charge < -0.3 is 10.8 Å². The molecule has 0 aliphatic carbocycles. The number of carbonyl (C=O) groups is 1. The Morgan fingerprint density at radius 3 is 2.43 bits per heavy atom. The van der Waals surface area contributed by atoms with Gasteiger partial charge in [-0.3, -0.25) is 4.79 Å². The molecule has 3 heteroatoms. The maximum atomic E-state index is 10.1. The summed E-state index contributed by atoms with van der Waals surface area (Å²) in [6.07, 6.45) is 0. The Hall–Kier alpha value is -0.410. The smallest absolute Gasteiger partial charge is 0.148 e. The van der Waals surface area contributed by atoms with Crippen LogP contribution in [0.4, 0.5) is 0 Å². The van der Waals surface area contributed by atoms with Crippen LogP contribution < -0.4 is 5.73 Å². The van der Waals surface area contributed by atoms with Crippen LogP contribution in [0.5, 0.6) is 0 Å². The van der Waals surface area contributed by atoms with Gasteiger partial charge in [0.15, 0.2) is 0 Å². The number of rotatable bonds is 2. The van der Waals surface area contributed by atoms with Crippen molar-refractivity contribution in [2.45, 2.75) is 13.0 Å². The molecule has 0 heterocycles. The normalized spacial score (nSPS) is 13.6. The van der Waals surface area contributed by atoms with E-state index < -0.39 is 6.04 Å². The minimum Gasteiger partial charge on any atom is -0.394 e. The van der Waals surface area contributed by atoms with E-state index >= 15 is 0 Å². The first-order chi connectivity index (χ1) is 3.18. The fraction of sp³-hybridized carbons (Fsp3) is 0.750. The third-order valence-corrected chi connectivity index (χ3v) is 0.719. The average molecular weight is 103 g/mol. The Morgan fingerprint density at radius 1 is 2.00 bits per heavy atom. The second-order valence-corrected chi connectivity index (χ2v) is 1.40. The van der Waals surface area contributed by atoms with Gasteiger partial charge in [0, 0.05) is 0 Å². The molecular weight excluding hydrogens is 94.0 g/mol. The number of ketones is 1. The van der Waals surface area contributed by atoms with Gasteiger partial charge in [0.05, 0.1) is 12.6 Å². The molecule has 1 unspecified atom stereocenters. The van der Waals surface area contributed by atoms with Crippen molar-refractivity contribution in [3.05, 3.63) is 0 Å². The maximum Gasteiger partial charge on any atom is 0.148 e. The van der Waals surface area contributed by atoms with Crippen LogP contribution in [0.1, 0.15) is 6.92 Å². The molecule has 0 aromatic heterocycles. The highest BCUT2D eigenvalue weighted by Crippen LogP contribution is 1.74. The van der Waals surface area contributed by atoms with Gasteiger partial charge >= 0.3 is 0 Å². The standard InChI is InChI=1S/C4H9NO2/c1-3(7)4(5)2-6/h4,6H,2,5H2,1H3. The van der Waals surface area contributed by atoms with Crippen LogP contribution in [-0.2, 0) is 4.79 Å². The Kier molecular flexibility index (Phi) is 2.55. The quantitative estimate of drug-likeness (QED) is 0.466. The van der Waals surface area contributed by atoms with Crippen molar-refractivity contribution < 1.29 is 9.90 Å². The van der Waals surface area contributed by atoms with Gasteiger partial charge in [-0.25, -0.2) is 0 Å². The summed E-state index contributed by atoms with van der Waals surface area (Å²) < 4.78 is 0. The summed E-state index contributed by atoms with van der Waals surface area (Å²) in [5, 5.41) is 8.16. The van der Waals surface area contributed by atoms with Gasteiger partial charge in [-0.15, -0.1) is 0 Å². The maximum absolute atomic E-state index is 10.1. The van der Waals surface area contributed by atoms with Crippen LogP contribution in [0.15, 0.2) is 0 Å². The van der Waals surface area contributed by atoms with Crippen molar-refractivity contribution in [2.75, 3.05) is 6.61 Å². The number of nitrogens with two attached hydrogens (primary N) is 1. The first kappa shape index (κ1) is 6.59. The molecule has 42 valence electrons. The van der Waals surface area contributed by atoms with Crippen molar-refractivity contribution in [1.82, 2.24) is 0 Å². The number of hydrogen-bond acceptors (Lipinski definition) is 3. The van der Waals surface area contributed by atoms with E-state index in [1.54, 1.807) is 0 Å². The van der Waals surface area contributed by atoms with Gasteiger partial charge in [-0.2, -0.15) is 0 Å². The molecule has 0 spiro atoms. The van der Waals surface area contributed by atoms with E-state index in [4.69, 9.17) is 10.8 Å². The molecule has 1 atom stereocenters. The van der Waals surface area contributed by atoms with Gasteiger partial charge in [-0.05, 0) is 6.92 Å². The highest BCUT2D eigenvalue weighted by atomic mass is 16.3. The van der Waals surface area contributed by atoms with Crippen LogP contribution >= 0.6 is 0 Å². The Labute approximate surface area is 42.1 Å². The van der Waals surface area contributed by atoms with Crippen molar-refractivity contribution in [3.8, 4) is 0 Å². The molecule has 3 nitrogen and oxygen atoms in total. The molecule has 0 saturated carbocycles. The van der Waals surface area contributed by atoms with E-state index in [-0.39, 0.29) is 12.4 Å².